The van der Waals surface area contributed by atoms with Gasteiger partial charge in [-0.05, 0) is 0 Å². The van der Waals surface area contributed by atoms with Gasteiger partial charge in [0.25, 0.3) is 0 Å². The van der Waals surface area contributed by atoms with Crippen molar-refractivity contribution in [2.24, 2.45) is 0 Å². The van der Waals surface area contributed by atoms with Gasteiger partial charge in [-0.25, -0.2) is 9.97 Å². The third-order valence-corrected chi connectivity index (χ3v) is 1.27. The molecule has 0 aliphatic heterocycles. The molecule has 0 unspecified atom stereocenters. The maximum absolute atomic E-state index is 4.96. The van der Waals surface area contributed by atoms with E-state index in [-0.39, 0.29) is 0 Å². The molecule has 12 heavy (non-hydrogen) atoms. The van der Waals surface area contributed by atoms with Crippen LogP contribution in [0.4, 0.5) is 0 Å². The summed E-state index contributed by atoms with van der Waals surface area (Å²) >= 11 is 0. The first-order valence-corrected chi connectivity index (χ1v) is 3.42. The average molecular weight is 162 g/mol. The highest BCUT2D eigenvalue weighted by Gasteiger charge is 1.91. The molecule has 0 fully saturated rings. The first-order chi connectivity index (χ1) is 5.95. The summed E-state index contributed by atoms with van der Waals surface area (Å²) in [6.07, 6.45) is 9.55. The second-order valence-corrected chi connectivity index (χ2v) is 2.07. The van der Waals surface area contributed by atoms with Crippen molar-refractivity contribution in [1.29, 1.82) is 0 Å². The van der Waals surface area contributed by atoms with E-state index in [4.69, 9.17) is 8.83 Å². The van der Waals surface area contributed by atoms with Crippen molar-refractivity contribution in [2.75, 3.05) is 0 Å². The van der Waals surface area contributed by atoms with Crippen molar-refractivity contribution < 1.29 is 8.83 Å². The lowest BCUT2D eigenvalue weighted by Crippen LogP contribution is -1.69. The molecule has 0 aromatic carbocycles. The molecule has 2 heterocycles. The summed E-state index contributed by atoms with van der Waals surface area (Å²) in [5, 5.41) is 0. The van der Waals surface area contributed by atoms with Crippen LogP contribution in [0.25, 0.3) is 12.2 Å². The molecule has 0 aliphatic carbocycles. The normalized spacial score (nSPS) is 11.0. The van der Waals surface area contributed by atoms with E-state index in [9.17, 15) is 0 Å². The summed E-state index contributed by atoms with van der Waals surface area (Å²) in [4.78, 5) is 7.79. The summed E-state index contributed by atoms with van der Waals surface area (Å²) in [6.45, 7) is 0. The van der Waals surface area contributed by atoms with Gasteiger partial charge in [0.05, 0.1) is 12.4 Å². The van der Waals surface area contributed by atoms with Crippen molar-refractivity contribution in [3.63, 3.8) is 0 Å². The molecular formula is C8H6N2O2. The summed E-state index contributed by atoms with van der Waals surface area (Å²) in [6, 6.07) is 0. The minimum atomic E-state index is 0.535. The molecule has 0 atom stereocenters. The van der Waals surface area contributed by atoms with E-state index >= 15 is 0 Å². The Morgan fingerprint density at radius 1 is 0.917 bits per heavy atom. The molecule has 0 N–H and O–H groups in total. The second kappa shape index (κ2) is 3.04. The van der Waals surface area contributed by atoms with Crippen molar-refractivity contribution in [3.8, 4) is 0 Å². The van der Waals surface area contributed by atoms with Crippen molar-refractivity contribution in [2.45, 2.75) is 0 Å². The third kappa shape index (κ3) is 1.42. The number of rotatable bonds is 2. The van der Waals surface area contributed by atoms with E-state index in [0.717, 1.165) is 0 Å². The van der Waals surface area contributed by atoms with Gasteiger partial charge in [0.15, 0.2) is 0 Å². The first kappa shape index (κ1) is 6.84. The van der Waals surface area contributed by atoms with Crippen LogP contribution in [0.2, 0.25) is 0 Å². The van der Waals surface area contributed by atoms with Gasteiger partial charge in [0.2, 0.25) is 11.8 Å². The predicted octanol–water partition coefficient (Wildman–Crippen LogP) is 1.83. The lowest BCUT2D eigenvalue weighted by Gasteiger charge is -1.80. The van der Waals surface area contributed by atoms with Crippen LogP contribution >= 0.6 is 0 Å². The molecule has 60 valence electrons. The van der Waals surface area contributed by atoms with E-state index in [1.807, 2.05) is 0 Å². The monoisotopic (exact) mass is 162 g/mol. The Kier molecular flexibility index (Phi) is 1.74. The van der Waals surface area contributed by atoms with E-state index in [0.29, 0.717) is 11.8 Å². The van der Waals surface area contributed by atoms with Crippen LogP contribution in [0.5, 0.6) is 0 Å². The Balaban J connectivity index is 2.14. The van der Waals surface area contributed by atoms with Crippen LogP contribution in [0.1, 0.15) is 11.8 Å². The smallest absolute Gasteiger partial charge is 0.218 e. The summed E-state index contributed by atoms with van der Waals surface area (Å²) in [5.74, 6) is 1.07. The highest BCUT2D eigenvalue weighted by Crippen LogP contribution is 2.03. The third-order valence-electron chi connectivity index (χ3n) is 1.27. The minimum Gasteiger partial charge on any atom is -0.445 e. The van der Waals surface area contributed by atoms with Crippen molar-refractivity contribution >= 4 is 12.2 Å². The zero-order valence-corrected chi connectivity index (χ0v) is 6.18. The molecule has 2 aromatic rings. The van der Waals surface area contributed by atoms with Crippen LogP contribution in [0.15, 0.2) is 33.8 Å². The van der Waals surface area contributed by atoms with Gasteiger partial charge in [0, 0.05) is 12.2 Å². The van der Waals surface area contributed by atoms with Gasteiger partial charge in [-0.3, -0.25) is 0 Å². The van der Waals surface area contributed by atoms with Crippen LogP contribution in [-0.2, 0) is 0 Å². The Morgan fingerprint density at radius 3 is 1.75 bits per heavy atom. The molecule has 2 rings (SSSR count). The van der Waals surface area contributed by atoms with Gasteiger partial charge in [0.1, 0.15) is 12.5 Å². The summed E-state index contributed by atoms with van der Waals surface area (Å²) in [7, 11) is 0. The molecule has 0 bridgehead atoms. The van der Waals surface area contributed by atoms with Crippen LogP contribution in [0.3, 0.4) is 0 Å². The quantitative estimate of drug-likeness (QED) is 0.675. The van der Waals surface area contributed by atoms with Crippen LogP contribution in [0, 0.1) is 0 Å². The lowest BCUT2D eigenvalue weighted by atomic mass is 10.5. The highest BCUT2D eigenvalue weighted by molar-refractivity contribution is 5.60. The molecule has 0 amide bonds. The fraction of sp³-hybridized carbons (Fsp3) is 0. The molecule has 4 nitrogen and oxygen atoms in total. The Labute approximate surface area is 68.6 Å². The number of oxazole rings is 2. The van der Waals surface area contributed by atoms with Gasteiger partial charge in [-0.2, -0.15) is 0 Å². The van der Waals surface area contributed by atoms with Gasteiger partial charge in [-0.15, -0.1) is 0 Å². The second-order valence-electron chi connectivity index (χ2n) is 2.07. The SMILES string of the molecule is C(=C\c1ncco1)/c1ncco1. The van der Waals surface area contributed by atoms with E-state index in [1.54, 1.807) is 24.5 Å². The van der Waals surface area contributed by atoms with Crippen molar-refractivity contribution in [1.82, 2.24) is 9.97 Å². The number of nitrogens with zero attached hydrogens (tertiary/aromatic N) is 2. The van der Waals surface area contributed by atoms with Crippen LogP contribution < -0.4 is 0 Å². The Hall–Kier alpha value is -1.84. The Morgan fingerprint density at radius 2 is 1.42 bits per heavy atom. The average Bonchev–Trinajstić information content (AvgIpc) is 2.74. The molecule has 0 aliphatic rings. The molecule has 0 spiro atoms. The highest BCUT2D eigenvalue weighted by atomic mass is 16.3. The molecule has 0 radical (unpaired) electrons. The summed E-state index contributed by atoms with van der Waals surface area (Å²) < 4.78 is 9.93. The molecule has 4 heteroatoms. The van der Waals surface area contributed by atoms with Gasteiger partial charge < -0.3 is 8.83 Å². The minimum absolute atomic E-state index is 0.535. The van der Waals surface area contributed by atoms with Crippen LogP contribution in [-0.4, -0.2) is 9.97 Å². The molecular weight excluding hydrogens is 156 g/mol. The molecule has 0 saturated carbocycles. The number of aromatic nitrogens is 2. The fourth-order valence-electron chi connectivity index (χ4n) is 0.776. The predicted molar refractivity (Wildman–Crippen MR) is 41.9 cm³/mol. The van der Waals surface area contributed by atoms with Gasteiger partial charge in [-0.1, -0.05) is 0 Å². The lowest BCUT2D eigenvalue weighted by molar-refractivity contribution is 0.541. The first-order valence-electron chi connectivity index (χ1n) is 3.42. The molecule has 0 saturated heterocycles. The maximum atomic E-state index is 4.96. The van der Waals surface area contributed by atoms with E-state index in [2.05, 4.69) is 9.97 Å². The maximum Gasteiger partial charge on any atom is 0.218 e. The largest absolute Gasteiger partial charge is 0.445 e. The zero-order valence-electron chi connectivity index (χ0n) is 6.18. The van der Waals surface area contributed by atoms with E-state index in [1.165, 1.54) is 12.5 Å². The van der Waals surface area contributed by atoms with E-state index < -0.39 is 0 Å². The van der Waals surface area contributed by atoms with Gasteiger partial charge >= 0.3 is 0 Å². The molecule has 2 aromatic heterocycles. The summed E-state index contributed by atoms with van der Waals surface area (Å²) in [5.41, 5.74) is 0. The number of hydrogen-bond acceptors (Lipinski definition) is 4. The standard InChI is InChI=1S/C8H6N2O2/c1(7-9-3-5-11-7)2-8-10-4-6-12-8/h1-6H/b2-1+. The van der Waals surface area contributed by atoms with Crippen molar-refractivity contribution in [3.05, 3.63) is 36.7 Å². The fourth-order valence-corrected chi connectivity index (χ4v) is 0.776. The Bertz CT molecular complexity index is 312. The number of hydrogen-bond donors (Lipinski definition) is 0. The topological polar surface area (TPSA) is 52.1 Å². The zero-order chi connectivity index (χ0) is 8.23.